The molecule has 1 fully saturated rings. The fourth-order valence-corrected chi connectivity index (χ4v) is 2.50. The second-order valence-electron chi connectivity index (χ2n) is 5.17. The van der Waals surface area contributed by atoms with Crippen LogP contribution in [0.15, 0.2) is 24.3 Å². The topological polar surface area (TPSA) is 15.7 Å². The molecule has 0 amide bonds. The first-order valence-electron chi connectivity index (χ1n) is 6.97. The van der Waals surface area contributed by atoms with E-state index in [-0.39, 0.29) is 0 Å². The summed E-state index contributed by atoms with van der Waals surface area (Å²) < 4.78 is 5.35. The Hall–Kier alpha value is -0.610. The van der Waals surface area contributed by atoms with Gasteiger partial charge >= 0.3 is 0 Å². The highest BCUT2D eigenvalue weighted by Crippen LogP contribution is 2.11. The minimum atomic E-state index is 0.804. The van der Waals surface area contributed by atoms with Gasteiger partial charge in [-0.15, -0.1) is 0 Å². The minimum Gasteiger partial charge on any atom is -0.379 e. The van der Waals surface area contributed by atoms with Crippen molar-refractivity contribution in [1.82, 2.24) is 9.80 Å². The molecule has 0 aromatic heterocycles. The van der Waals surface area contributed by atoms with Crippen LogP contribution in [-0.2, 0) is 11.3 Å². The Balaban J connectivity index is 1.63. The van der Waals surface area contributed by atoms with Gasteiger partial charge in [-0.05, 0) is 44.3 Å². The number of morpholine rings is 1. The largest absolute Gasteiger partial charge is 0.379 e. The molecule has 1 aromatic carbocycles. The van der Waals surface area contributed by atoms with Crippen molar-refractivity contribution in [3.05, 3.63) is 34.9 Å². The Morgan fingerprint density at radius 1 is 1.21 bits per heavy atom. The zero-order valence-corrected chi connectivity index (χ0v) is 12.4. The maximum absolute atomic E-state index is 5.89. The first kappa shape index (κ1) is 14.8. The Morgan fingerprint density at radius 2 is 1.89 bits per heavy atom. The highest BCUT2D eigenvalue weighted by molar-refractivity contribution is 6.30. The lowest BCUT2D eigenvalue weighted by Crippen LogP contribution is -2.37. The van der Waals surface area contributed by atoms with E-state index < -0.39 is 0 Å². The summed E-state index contributed by atoms with van der Waals surface area (Å²) in [5.41, 5.74) is 1.32. The maximum atomic E-state index is 5.89. The van der Waals surface area contributed by atoms with Crippen LogP contribution < -0.4 is 0 Å². The van der Waals surface area contributed by atoms with Crippen molar-refractivity contribution in [2.45, 2.75) is 13.0 Å². The highest BCUT2D eigenvalue weighted by atomic mass is 35.5. The molecular formula is C15H23ClN2O. The molecule has 106 valence electrons. The lowest BCUT2D eigenvalue weighted by Gasteiger charge is -2.27. The molecule has 0 aliphatic carbocycles. The van der Waals surface area contributed by atoms with Crippen LogP contribution in [0.3, 0.4) is 0 Å². The summed E-state index contributed by atoms with van der Waals surface area (Å²) >= 11 is 5.89. The summed E-state index contributed by atoms with van der Waals surface area (Å²) in [6.45, 7) is 7.23. The van der Waals surface area contributed by atoms with E-state index in [0.717, 1.165) is 44.4 Å². The van der Waals surface area contributed by atoms with E-state index in [0.29, 0.717) is 0 Å². The molecule has 1 aromatic rings. The lowest BCUT2D eigenvalue weighted by atomic mass is 10.2. The fraction of sp³-hybridized carbons (Fsp3) is 0.600. The molecule has 19 heavy (non-hydrogen) atoms. The average molecular weight is 283 g/mol. The van der Waals surface area contributed by atoms with Gasteiger partial charge in [0.2, 0.25) is 0 Å². The van der Waals surface area contributed by atoms with Crippen molar-refractivity contribution in [3.8, 4) is 0 Å². The quantitative estimate of drug-likeness (QED) is 0.797. The van der Waals surface area contributed by atoms with Gasteiger partial charge in [0, 0.05) is 24.7 Å². The van der Waals surface area contributed by atoms with Crippen LogP contribution in [0.2, 0.25) is 5.02 Å². The number of nitrogens with zero attached hydrogens (tertiary/aromatic N) is 2. The molecular weight excluding hydrogens is 260 g/mol. The fourth-order valence-electron chi connectivity index (χ4n) is 2.37. The molecule has 3 nitrogen and oxygen atoms in total. The maximum Gasteiger partial charge on any atom is 0.0594 e. The van der Waals surface area contributed by atoms with E-state index >= 15 is 0 Å². The molecule has 0 saturated carbocycles. The molecule has 0 radical (unpaired) electrons. The molecule has 1 aliphatic heterocycles. The zero-order chi connectivity index (χ0) is 13.5. The summed E-state index contributed by atoms with van der Waals surface area (Å²) in [6.07, 6.45) is 1.21. The van der Waals surface area contributed by atoms with Crippen LogP contribution in [0.25, 0.3) is 0 Å². The third kappa shape index (κ3) is 5.49. The molecule has 4 heteroatoms. The smallest absolute Gasteiger partial charge is 0.0594 e. The molecule has 0 atom stereocenters. The van der Waals surface area contributed by atoms with Gasteiger partial charge in [0.15, 0.2) is 0 Å². The number of hydrogen-bond donors (Lipinski definition) is 0. The van der Waals surface area contributed by atoms with Crippen LogP contribution in [0.4, 0.5) is 0 Å². The van der Waals surface area contributed by atoms with E-state index in [2.05, 4.69) is 29.0 Å². The molecule has 0 spiro atoms. The SMILES string of the molecule is CN(CCCN1CCOCC1)Cc1ccc(Cl)cc1. The second kappa shape index (κ2) is 7.85. The van der Waals surface area contributed by atoms with Crippen molar-refractivity contribution in [1.29, 1.82) is 0 Å². The standard InChI is InChI=1S/C15H23ClN2O/c1-17(13-14-3-5-15(16)6-4-14)7-2-8-18-9-11-19-12-10-18/h3-6H,2,7-13H2,1H3. The van der Waals surface area contributed by atoms with Crippen molar-refractivity contribution < 1.29 is 4.74 Å². The first-order chi connectivity index (χ1) is 9.24. The zero-order valence-electron chi connectivity index (χ0n) is 11.6. The summed E-state index contributed by atoms with van der Waals surface area (Å²) in [5.74, 6) is 0. The Kier molecular flexibility index (Phi) is 6.11. The normalized spacial score (nSPS) is 17.0. The second-order valence-corrected chi connectivity index (χ2v) is 5.61. The molecule has 0 unspecified atom stereocenters. The summed E-state index contributed by atoms with van der Waals surface area (Å²) in [4.78, 5) is 4.85. The monoisotopic (exact) mass is 282 g/mol. The van der Waals surface area contributed by atoms with E-state index in [1.165, 1.54) is 18.5 Å². The van der Waals surface area contributed by atoms with Gasteiger partial charge < -0.3 is 9.64 Å². The van der Waals surface area contributed by atoms with Crippen molar-refractivity contribution in [3.63, 3.8) is 0 Å². The number of halogens is 1. The van der Waals surface area contributed by atoms with Crippen molar-refractivity contribution in [2.75, 3.05) is 46.4 Å². The highest BCUT2D eigenvalue weighted by Gasteiger charge is 2.09. The van der Waals surface area contributed by atoms with Crippen LogP contribution in [0.1, 0.15) is 12.0 Å². The molecule has 1 heterocycles. The number of hydrogen-bond acceptors (Lipinski definition) is 3. The van der Waals surface area contributed by atoms with Crippen LogP contribution in [-0.4, -0.2) is 56.2 Å². The van der Waals surface area contributed by atoms with Gasteiger partial charge in [0.25, 0.3) is 0 Å². The van der Waals surface area contributed by atoms with Crippen LogP contribution in [0, 0.1) is 0 Å². The average Bonchev–Trinajstić information content (AvgIpc) is 2.43. The molecule has 1 aliphatic rings. The third-order valence-electron chi connectivity index (χ3n) is 3.48. The molecule has 1 saturated heterocycles. The lowest BCUT2D eigenvalue weighted by molar-refractivity contribution is 0.0363. The van der Waals surface area contributed by atoms with E-state index in [4.69, 9.17) is 16.3 Å². The third-order valence-corrected chi connectivity index (χ3v) is 3.74. The minimum absolute atomic E-state index is 0.804. The summed E-state index contributed by atoms with van der Waals surface area (Å²) in [6, 6.07) is 8.11. The number of ether oxygens (including phenoxy) is 1. The van der Waals surface area contributed by atoms with Crippen molar-refractivity contribution >= 4 is 11.6 Å². The van der Waals surface area contributed by atoms with Gasteiger partial charge in [0.05, 0.1) is 13.2 Å². The van der Waals surface area contributed by atoms with Crippen molar-refractivity contribution in [2.24, 2.45) is 0 Å². The molecule has 0 bridgehead atoms. The number of benzene rings is 1. The predicted octanol–water partition coefficient (Wildman–Crippen LogP) is 2.49. The van der Waals surface area contributed by atoms with E-state index in [1.54, 1.807) is 0 Å². The van der Waals surface area contributed by atoms with Gasteiger partial charge in [-0.2, -0.15) is 0 Å². The summed E-state index contributed by atoms with van der Waals surface area (Å²) in [5, 5.41) is 0.804. The Morgan fingerprint density at radius 3 is 2.58 bits per heavy atom. The molecule has 0 N–H and O–H groups in total. The van der Waals surface area contributed by atoms with Gasteiger partial charge in [0.1, 0.15) is 0 Å². The molecule has 2 rings (SSSR count). The van der Waals surface area contributed by atoms with Crippen LogP contribution in [0.5, 0.6) is 0 Å². The summed E-state index contributed by atoms with van der Waals surface area (Å²) in [7, 11) is 2.17. The van der Waals surface area contributed by atoms with E-state index in [1.807, 2.05) is 12.1 Å². The Labute approximate surface area is 121 Å². The van der Waals surface area contributed by atoms with Gasteiger partial charge in [-0.25, -0.2) is 0 Å². The predicted molar refractivity (Wildman–Crippen MR) is 79.7 cm³/mol. The van der Waals surface area contributed by atoms with Gasteiger partial charge in [-0.1, -0.05) is 23.7 Å². The number of rotatable bonds is 6. The first-order valence-corrected chi connectivity index (χ1v) is 7.35. The Bertz CT molecular complexity index is 363. The van der Waals surface area contributed by atoms with Gasteiger partial charge in [-0.3, -0.25) is 4.90 Å². The van der Waals surface area contributed by atoms with Crippen LogP contribution >= 0.6 is 11.6 Å². The van der Waals surface area contributed by atoms with E-state index in [9.17, 15) is 0 Å².